The fourth-order valence-corrected chi connectivity index (χ4v) is 3.27. The zero-order valence-corrected chi connectivity index (χ0v) is 13.2. The van der Waals surface area contributed by atoms with Crippen molar-refractivity contribution < 1.29 is 0 Å². The third kappa shape index (κ3) is 5.94. The summed E-state index contributed by atoms with van der Waals surface area (Å²) in [6.45, 7) is 6.35. The van der Waals surface area contributed by atoms with Gasteiger partial charge in [0.05, 0.1) is 0 Å². The van der Waals surface area contributed by atoms with E-state index in [0.29, 0.717) is 0 Å². The van der Waals surface area contributed by atoms with Crippen molar-refractivity contribution in [2.45, 2.75) is 44.6 Å². The molecule has 0 spiro atoms. The second kappa shape index (κ2) is 9.01. The molecule has 0 atom stereocenters. The Bertz CT molecular complexity index is 328. The minimum Gasteiger partial charge on any atom is -0.313 e. The lowest BCUT2D eigenvalue weighted by atomic mass is 10.2. The van der Waals surface area contributed by atoms with Crippen LogP contribution < -0.4 is 5.32 Å². The molecule has 1 aromatic rings. The Kier molecular flexibility index (Phi) is 7.99. The molecule has 0 fully saturated rings. The average Bonchev–Trinajstić information content (AvgIpc) is 2.34. The Morgan fingerprint density at radius 3 is 2.71 bits per heavy atom. The van der Waals surface area contributed by atoms with Crippen LogP contribution in [0.3, 0.4) is 0 Å². The van der Waals surface area contributed by atoms with Crippen molar-refractivity contribution >= 4 is 27.7 Å². The van der Waals surface area contributed by atoms with Crippen LogP contribution in [-0.2, 0) is 6.54 Å². The zero-order valence-electron chi connectivity index (χ0n) is 10.8. The smallest absolute Gasteiger partial charge is 0.0314 e. The van der Waals surface area contributed by atoms with Gasteiger partial charge in [-0.15, -0.1) is 11.8 Å². The maximum absolute atomic E-state index is 3.66. The maximum Gasteiger partial charge on any atom is 0.0314 e. The van der Waals surface area contributed by atoms with Crippen molar-refractivity contribution in [3.63, 3.8) is 0 Å². The fourth-order valence-electron chi connectivity index (χ4n) is 1.57. The molecule has 3 heteroatoms. The van der Waals surface area contributed by atoms with Crippen LogP contribution in [0.25, 0.3) is 0 Å². The summed E-state index contributed by atoms with van der Waals surface area (Å²) in [7, 11) is 0. The number of halogens is 1. The molecule has 96 valence electrons. The molecule has 0 radical (unpaired) electrons. The molecule has 0 unspecified atom stereocenters. The van der Waals surface area contributed by atoms with Gasteiger partial charge in [0.25, 0.3) is 0 Å². The van der Waals surface area contributed by atoms with Crippen molar-refractivity contribution in [3.8, 4) is 0 Å². The Morgan fingerprint density at radius 2 is 2.06 bits per heavy atom. The Labute approximate surface area is 118 Å². The molecule has 0 aromatic heterocycles. The largest absolute Gasteiger partial charge is 0.313 e. The SMILES string of the molecule is CCCCCSc1ccc(CNCC)cc1Br. The summed E-state index contributed by atoms with van der Waals surface area (Å²) < 4.78 is 1.23. The lowest BCUT2D eigenvalue weighted by molar-refractivity contribution is 0.726. The molecule has 0 aliphatic rings. The molecule has 1 aromatic carbocycles. The zero-order chi connectivity index (χ0) is 12.5. The summed E-state index contributed by atoms with van der Waals surface area (Å²) in [6.07, 6.45) is 3.94. The Hall–Kier alpha value is 0.01000. The lowest BCUT2D eigenvalue weighted by Crippen LogP contribution is -2.11. The number of hydrogen-bond acceptors (Lipinski definition) is 2. The summed E-state index contributed by atoms with van der Waals surface area (Å²) in [5.41, 5.74) is 1.34. The first-order chi connectivity index (χ1) is 8.27. The van der Waals surface area contributed by atoms with Crippen molar-refractivity contribution in [3.05, 3.63) is 28.2 Å². The molecule has 1 rings (SSSR count). The van der Waals surface area contributed by atoms with E-state index in [4.69, 9.17) is 0 Å². The van der Waals surface area contributed by atoms with Gasteiger partial charge in [-0.2, -0.15) is 0 Å². The van der Waals surface area contributed by atoms with Gasteiger partial charge in [-0.3, -0.25) is 0 Å². The van der Waals surface area contributed by atoms with Crippen LogP contribution in [0.5, 0.6) is 0 Å². The number of hydrogen-bond donors (Lipinski definition) is 1. The molecule has 0 amide bonds. The van der Waals surface area contributed by atoms with Crippen LogP contribution in [0, 0.1) is 0 Å². The van der Waals surface area contributed by atoms with Gasteiger partial charge in [0.2, 0.25) is 0 Å². The molecule has 0 bridgehead atoms. The van der Waals surface area contributed by atoms with Crippen LogP contribution in [0.2, 0.25) is 0 Å². The van der Waals surface area contributed by atoms with Crippen molar-refractivity contribution in [2.24, 2.45) is 0 Å². The van der Waals surface area contributed by atoms with E-state index in [-0.39, 0.29) is 0 Å². The van der Waals surface area contributed by atoms with Gasteiger partial charge in [-0.1, -0.05) is 32.8 Å². The molecule has 1 N–H and O–H groups in total. The summed E-state index contributed by atoms with van der Waals surface area (Å²) in [5.74, 6) is 1.22. The second-order valence-corrected chi connectivity index (χ2v) is 6.09. The average molecular weight is 316 g/mol. The lowest BCUT2D eigenvalue weighted by Gasteiger charge is -2.07. The minimum absolute atomic E-state index is 0.954. The van der Waals surface area contributed by atoms with Crippen LogP contribution in [0.15, 0.2) is 27.6 Å². The molecule has 17 heavy (non-hydrogen) atoms. The van der Waals surface area contributed by atoms with E-state index in [0.717, 1.165) is 13.1 Å². The van der Waals surface area contributed by atoms with Crippen LogP contribution in [0.4, 0.5) is 0 Å². The molecule has 0 aliphatic carbocycles. The van der Waals surface area contributed by atoms with E-state index >= 15 is 0 Å². The predicted molar refractivity (Wildman–Crippen MR) is 81.8 cm³/mol. The van der Waals surface area contributed by atoms with E-state index in [1.54, 1.807) is 0 Å². The molecule has 0 saturated heterocycles. The fraction of sp³-hybridized carbons (Fsp3) is 0.571. The van der Waals surface area contributed by atoms with Crippen LogP contribution in [-0.4, -0.2) is 12.3 Å². The molecular formula is C14H22BrNS. The maximum atomic E-state index is 3.66. The minimum atomic E-state index is 0.954. The molecule has 0 aliphatic heterocycles. The number of thioether (sulfide) groups is 1. The van der Waals surface area contributed by atoms with Crippen molar-refractivity contribution in [1.29, 1.82) is 0 Å². The number of benzene rings is 1. The highest BCUT2D eigenvalue weighted by atomic mass is 79.9. The molecule has 1 nitrogen and oxygen atoms in total. The van der Waals surface area contributed by atoms with Crippen molar-refractivity contribution in [1.82, 2.24) is 5.32 Å². The van der Waals surface area contributed by atoms with E-state index < -0.39 is 0 Å². The molecular weight excluding hydrogens is 294 g/mol. The van der Waals surface area contributed by atoms with Gasteiger partial charge in [0, 0.05) is 15.9 Å². The summed E-state index contributed by atoms with van der Waals surface area (Å²) in [5, 5.41) is 3.34. The van der Waals surface area contributed by atoms with E-state index in [9.17, 15) is 0 Å². The van der Waals surface area contributed by atoms with Gasteiger partial charge >= 0.3 is 0 Å². The third-order valence-corrected chi connectivity index (χ3v) is 4.66. The molecule has 0 heterocycles. The highest BCUT2D eigenvalue weighted by Gasteiger charge is 2.02. The number of unbranched alkanes of at least 4 members (excludes halogenated alkanes) is 2. The van der Waals surface area contributed by atoms with Crippen LogP contribution in [0.1, 0.15) is 38.7 Å². The predicted octanol–water partition coefficient (Wildman–Crippen LogP) is 4.84. The number of nitrogens with one attached hydrogen (secondary N) is 1. The van der Waals surface area contributed by atoms with Gasteiger partial charge in [0.1, 0.15) is 0 Å². The molecule has 0 saturated carbocycles. The summed E-state index contributed by atoms with van der Waals surface area (Å²) in [4.78, 5) is 1.36. The highest BCUT2D eigenvalue weighted by Crippen LogP contribution is 2.29. The first-order valence-electron chi connectivity index (χ1n) is 6.39. The van der Waals surface area contributed by atoms with Crippen LogP contribution >= 0.6 is 27.7 Å². The first-order valence-corrected chi connectivity index (χ1v) is 8.17. The van der Waals surface area contributed by atoms with Crippen molar-refractivity contribution in [2.75, 3.05) is 12.3 Å². The number of rotatable bonds is 8. The van der Waals surface area contributed by atoms with Gasteiger partial charge in [-0.25, -0.2) is 0 Å². The summed E-state index contributed by atoms with van der Waals surface area (Å²) >= 11 is 5.61. The van der Waals surface area contributed by atoms with E-state index in [1.165, 1.54) is 39.9 Å². The second-order valence-electron chi connectivity index (χ2n) is 4.10. The Morgan fingerprint density at radius 1 is 1.24 bits per heavy atom. The van der Waals surface area contributed by atoms with Gasteiger partial charge in [-0.05, 0) is 52.3 Å². The van der Waals surface area contributed by atoms with Gasteiger partial charge < -0.3 is 5.32 Å². The monoisotopic (exact) mass is 315 g/mol. The van der Waals surface area contributed by atoms with E-state index in [1.807, 2.05) is 11.8 Å². The van der Waals surface area contributed by atoms with E-state index in [2.05, 4.69) is 53.3 Å². The third-order valence-electron chi connectivity index (χ3n) is 2.58. The first kappa shape index (κ1) is 15.1. The quantitative estimate of drug-likeness (QED) is 0.544. The summed E-state index contributed by atoms with van der Waals surface area (Å²) in [6, 6.07) is 6.67. The van der Waals surface area contributed by atoms with Gasteiger partial charge in [0.15, 0.2) is 0 Å². The Balaban J connectivity index is 2.45. The normalized spacial score (nSPS) is 10.8. The highest BCUT2D eigenvalue weighted by molar-refractivity contribution is 9.10. The topological polar surface area (TPSA) is 12.0 Å². The standard InChI is InChI=1S/C14H22BrNS/c1-3-5-6-9-17-14-8-7-12(10-13(14)15)11-16-4-2/h7-8,10,16H,3-6,9,11H2,1-2H3.